The second-order valence-corrected chi connectivity index (χ2v) is 7.44. The van der Waals surface area contributed by atoms with Crippen LogP contribution in [0.15, 0.2) is 42.5 Å². The molecule has 2 aromatic rings. The van der Waals surface area contributed by atoms with E-state index in [1.807, 2.05) is 0 Å². The molecule has 31 heavy (non-hydrogen) atoms. The number of carbonyl (C=O) groups is 4. The maximum absolute atomic E-state index is 14.4. The lowest BCUT2D eigenvalue weighted by Gasteiger charge is -2.22. The van der Waals surface area contributed by atoms with Crippen LogP contribution in [0.3, 0.4) is 0 Å². The first-order valence-electron chi connectivity index (χ1n) is 9.51. The van der Waals surface area contributed by atoms with E-state index in [1.54, 1.807) is 31.2 Å². The minimum absolute atomic E-state index is 0.159. The number of benzene rings is 2. The van der Waals surface area contributed by atoms with Crippen LogP contribution in [0.2, 0.25) is 0 Å². The summed E-state index contributed by atoms with van der Waals surface area (Å²) >= 11 is 0. The maximum Gasteiger partial charge on any atom is 0.325 e. The molecule has 0 spiro atoms. The number of nitrogens with zero attached hydrogens (tertiary/aromatic N) is 1. The summed E-state index contributed by atoms with van der Waals surface area (Å²) in [6.07, 6.45) is 0.159. The van der Waals surface area contributed by atoms with Gasteiger partial charge < -0.3 is 15.4 Å². The molecule has 162 valence electrons. The third-order valence-corrected chi connectivity index (χ3v) is 4.97. The van der Waals surface area contributed by atoms with Gasteiger partial charge in [-0.1, -0.05) is 18.2 Å². The van der Waals surface area contributed by atoms with Gasteiger partial charge in [0, 0.05) is 19.0 Å². The van der Waals surface area contributed by atoms with Gasteiger partial charge in [-0.3, -0.25) is 19.3 Å². The van der Waals surface area contributed by atoms with Crippen molar-refractivity contribution in [3.63, 3.8) is 0 Å². The van der Waals surface area contributed by atoms with Crippen molar-refractivity contribution < 1.29 is 28.3 Å². The molecule has 4 amide bonds. The molecule has 2 aromatic carbocycles. The van der Waals surface area contributed by atoms with Gasteiger partial charge >= 0.3 is 6.03 Å². The van der Waals surface area contributed by atoms with Crippen LogP contribution in [0.4, 0.5) is 14.9 Å². The quantitative estimate of drug-likeness (QED) is 0.522. The fourth-order valence-electron chi connectivity index (χ4n) is 3.49. The van der Waals surface area contributed by atoms with Crippen molar-refractivity contribution in [3.8, 4) is 5.75 Å². The molecule has 0 aliphatic carbocycles. The zero-order chi connectivity index (χ0) is 22.8. The number of ether oxygens (including phenoxy) is 1. The highest BCUT2D eigenvalue weighted by molar-refractivity contribution is 6.11. The van der Waals surface area contributed by atoms with Gasteiger partial charge in [-0.15, -0.1) is 0 Å². The number of methoxy groups -OCH3 is 1. The topological polar surface area (TPSA) is 105 Å². The highest BCUT2D eigenvalue weighted by Gasteiger charge is 2.48. The predicted molar refractivity (Wildman–Crippen MR) is 110 cm³/mol. The van der Waals surface area contributed by atoms with Crippen molar-refractivity contribution in [1.29, 1.82) is 0 Å². The van der Waals surface area contributed by atoms with Crippen molar-refractivity contribution >= 4 is 29.3 Å². The Labute approximate surface area is 178 Å². The number of hydrogen-bond acceptors (Lipinski definition) is 5. The first-order valence-corrected chi connectivity index (χ1v) is 9.51. The van der Waals surface area contributed by atoms with Crippen LogP contribution in [-0.2, 0) is 16.0 Å². The molecule has 9 heteroatoms. The van der Waals surface area contributed by atoms with Gasteiger partial charge in [-0.2, -0.15) is 0 Å². The van der Waals surface area contributed by atoms with Gasteiger partial charge in [0.25, 0.3) is 5.91 Å². The van der Waals surface area contributed by atoms with Crippen molar-refractivity contribution in [1.82, 2.24) is 10.2 Å². The first kappa shape index (κ1) is 21.9. The predicted octanol–water partition coefficient (Wildman–Crippen LogP) is 2.53. The van der Waals surface area contributed by atoms with Crippen LogP contribution in [-0.4, -0.2) is 47.7 Å². The molecular formula is C22H22FN3O5. The number of imide groups is 1. The molecular weight excluding hydrogens is 405 g/mol. The van der Waals surface area contributed by atoms with Crippen LogP contribution < -0.4 is 15.4 Å². The fraction of sp³-hybridized carbons (Fsp3) is 0.273. The average Bonchev–Trinajstić information content (AvgIpc) is 2.90. The molecule has 0 bridgehead atoms. The Morgan fingerprint density at radius 3 is 2.55 bits per heavy atom. The Hall–Kier alpha value is -3.75. The number of para-hydroxylation sites is 1. The lowest BCUT2D eigenvalue weighted by atomic mass is 9.92. The normalized spacial score (nSPS) is 18.0. The number of amides is 4. The summed E-state index contributed by atoms with van der Waals surface area (Å²) in [5.74, 6) is -2.00. The summed E-state index contributed by atoms with van der Waals surface area (Å²) in [6, 6.07) is 9.95. The smallest absolute Gasteiger partial charge is 0.325 e. The van der Waals surface area contributed by atoms with Gasteiger partial charge in [-0.05, 0) is 36.8 Å². The fourth-order valence-corrected chi connectivity index (χ4v) is 3.49. The van der Waals surface area contributed by atoms with E-state index in [0.29, 0.717) is 11.3 Å². The van der Waals surface area contributed by atoms with Crippen molar-refractivity contribution in [3.05, 3.63) is 59.4 Å². The van der Waals surface area contributed by atoms with E-state index in [-0.39, 0.29) is 23.6 Å². The van der Waals surface area contributed by atoms with E-state index in [4.69, 9.17) is 4.74 Å². The van der Waals surface area contributed by atoms with Crippen LogP contribution in [0.1, 0.15) is 29.8 Å². The monoisotopic (exact) mass is 427 g/mol. The molecule has 1 aliphatic heterocycles. The SMILES string of the molecule is COc1ccccc1C[C@]1(C)NC(=O)N(CC(=O)c2ccc(NC(C)=O)cc2F)C1=O. The number of Topliss-reactive ketones (excluding diaryl/α,β-unsaturated/α-hetero) is 1. The number of urea groups is 1. The first-order chi connectivity index (χ1) is 14.6. The summed E-state index contributed by atoms with van der Waals surface area (Å²) in [4.78, 5) is 49.9. The highest BCUT2D eigenvalue weighted by atomic mass is 19.1. The minimum atomic E-state index is -1.28. The van der Waals surface area contributed by atoms with E-state index in [9.17, 15) is 23.6 Å². The van der Waals surface area contributed by atoms with E-state index in [1.165, 1.54) is 26.2 Å². The number of anilines is 1. The second-order valence-electron chi connectivity index (χ2n) is 7.44. The number of hydrogen-bond donors (Lipinski definition) is 2. The van der Waals surface area contributed by atoms with Gasteiger partial charge in [0.15, 0.2) is 5.78 Å². The van der Waals surface area contributed by atoms with Crippen molar-refractivity contribution in [2.24, 2.45) is 0 Å². The zero-order valence-corrected chi connectivity index (χ0v) is 17.3. The Morgan fingerprint density at radius 1 is 1.19 bits per heavy atom. The maximum atomic E-state index is 14.4. The largest absolute Gasteiger partial charge is 0.496 e. The molecule has 1 fully saturated rings. The molecule has 0 aromatic heterocycles. The van der Waals surface area contributed by atoms with Crippen LogP contribution >= 0.6 is 0 Å². The van der Waals surface area contributed by atoms with E-state index in [0.717, 1.165) is 11.0 Å². The van der Waals surface area contributed by atoms with E-state index in [2.05, 4.69) is 10.6 Å². The molecule has 0 saturated carbocycles. The highest BCUT2D eigenvalue weighted by Crippen LogP contribution is 2.27. The second kappa shape index (κ2) is 8.55. The van der Waals surface area contributed by atoms with E-state index >= 15 is 0 Å². The molecule has 1 heterocycles. The lowest BCUT2D eigenvalue weighted by Crippen LogP contribution is -2.46. The molecule has 1 atom stereocenters. The number of rotatable bonds is 7. The molecule has 1 saturated heterocycles. The molecule has 2 N–H and O–H groups in total. The summed E-state index contributed by atoms with van der Waals surface area (Å²) in [5.41, 5.74) is -0.650. The van der Waals surface area contributed by atoms with Gasteiger partial charge in [0.2, 0.25) is 5.91 Å². The summed E-state index contributed by atoms with van der Waals surface area (Å²) in [5, 5.41) is 5.03. The third-order valence-electron chi connectivity index (χ3n) is 4.97. The van der Waals surface area contributed by atoms with Crippen LogP contribution in [0.5, 0.6) is 5.75 Å². The summed E-state index contributed by atoms with van der Waals surface area (Å²) < 4.78 is 19.7. The Kier molecular flexibility index (Phi) is 6.05. The summed E-state index contributed by atoms with van der Waals surface area (Å²) in [6.45, 7) is 2.23. The number of halogens is 1. The minimum Gasteiger partial charge on any atom is -0.496 e. The molecule has 8 nitrogen and oxygen atoms in total. The average molecular weight is 427 g/mol. The number of nitrogens with one attached hydrogen (secondary N) is 2. The van der Waals surface area contributed by atoms with Gasteiger partial charge in [0.05, 0.1) is 19.2 Å². The molecule has 3 rings (SSSR count). The van der Waals surface area contributed by atoms with Crippen molar-refractivity contribution in [2.75, 3.05) is 19.0 Å². The standard InChI is InChI=1S/C22H22FN3O5/c1-13(27)24-15-8-9-16(17(23)10-15)18(28)12-26-20(29)22(2,25-21(26)30)11-14-6-4-5-7-19(14)31-3/h4-10H,11-12H2,1-3H3,(H,24,27)(H,25,30)/t22-/m0/s1. The molecule has 0 radical (unpaired) electrons. The van der Waals surface area contributed by atoms with Crippen LogP contribution in [0.25, 0.3) is 0 Å². The number of ketones is 1. The lowest BCUT2D eigenvalue weighted by molar-refractivity contribution is -0.130. The van der Waals surface area contributed by atoms with E-state index < -0.39 is 35.6 Å². The van der Waals surface area contributed by atoms with Crippen molar-refractivity contribution in [2.45, 2.75) is 25.8 Å². The molecule has 1 aliphatic rings. The third kappa shape index (κ3) is 4.55. The Bertz CT molecular complexity index is 1070. The van der Waals surface area contributed by atoms with Crippen LogP contribution in [0, 0.1) is 5.82 Å². The van der Waals surface area contributed by atoms with Gasteiger partial charge in [0.1, 0.15) is 17.1 Å². The molecule has 0 unspecified atom stereocenters. The number of carbonyl (C=O) groups excluding carboxylic acids is 4. The Balaban J connectivity index is 1.77. The zero-order valence-electron chi connectivity index (χ0n) is 17.3. The summed E-state index contributed by atoms with van der Waals surface area (Å²) in [7, 11) is 1.51. The Morgan fingerprint density at radius 2 is 1.90 bits per heavy atom. The van der Waals surface area contributed by atoms with Gasteiger partial charge in [-0.25, -0.2) is 9.18 Å².